The summed E-state index contributed by atoms with van der Waals surface area (Å²) < 4.78 is 21.7. The van der Waals surface area contributed by atoms with Crippen LogP contribution in [0.1, 0.15) is 36.0 Å². The first-order valence-electron chi connectivity index (χ1n) is 9.62. The minimum Gasteiger partial charge on any atom is -0.496 e. The largest absolute Gasteiger partial charge is 0.496 e. The number of nitrogens with zero attached hydrogens (tertiary/aromatic N) is 2. The zero-order valence-corrected chi connectivity index (χ0v) is 16.6. The molecule has 1 saturated heterocycles. The number of hydrogen-bond acceptors (Lipinski definition) is 6. The summed E-state index contributed by atoms with van der Waals surface area (Å²) in [6.07, 6.45) is 4.29. The molecule has 2 aromatic rings. The number of rotatable bonds is 9. The summed E-state index contributed by atoms with van der Waals surface area (Å²) in [4.78, 5) is 18.7. The molecule has 0 N–H and O–H groups in total. The number of carbonyl (C=O) groups is 1. The lowest BCUT2D eigenvalue weighted by molar-refractivity contribution is -0.137. The van der Waals surface area contributed by atoms with Crippen molar-refractivity contribution in [1.29, 1.82) is 0 Å². The second kappa shape index (κ2) is 10.2. The molecule has 0 bridgehead atoms. The molecule has 0 unspecified atom stereocenters. The first kappa shape index (κ1) is 20.4. The highest BCUT2D eigenvalue weighted by molar-refractivity contribution is 5.77. The molecule has 1 aromatic carbocycles. The van der Waals surface area contributed by atoms with Crippen LogP contribution in [0.5, 0.6) is 5.75 Å². The van der Waals surface area contributed by atoms with Crippen LogP contribution in [0.15, 0.2) is 34.9 Å². The maximum atomic E-state index is 12.4. The van der Waals surface area contributed by atoms with E-state index in [1.165, 1.54) is 0 Å². The number of benzene rings is 1. The molecule has 152 valence electrons. The maximum Gasteiger partial charge on any atom is 0.248 e. The van der Waals surface area contributed by atoms with E-state index in [0.29, 0.717) is 32.1 Å². The normalized spacial score (nSPS) is 16.9. The van der Waals surface area contributed by atoms with E-state index >= 15 is 0 Å². The van der Waals surface area contributed by atoms with E-state index in [0.717, 1.165) is 36.5 Å². The second-order valence-corrected chi connectivity index (χ2v) is 6.88. The predicted octanol–water partition coefficient (Wildman–Crippen LogP) is 2.64. The lowest BCUT2D eigenvalue weighted by Gasteiger charge is -2.31. The number of oxazole rings is 1. The van der Waals surface area contributed by atoms with E-state index in [-0.39, 0.29) is 18.4 Å². The smallest absolute Gasteiger partial charge is 0.248 e. The SMILES string of the molecule is COCCOCC(=O)N1CCC[C@H](c2ncc(Cc3ccccc3OC)o2)C1. The molecule has 0 saturated carbocycles. The van der Waals surface area contributed by atoms with Crippen molar-refractivity contribution in [3.8, 4) is 5.75 Å². The van der Waals surface area contributed by atoms with Crippen LogP contribution in [0, 0.1) is 0 Å². The molecule has 1 atom stereocenters. The Morgan fingerprint density at radius 2 is 2.14 bits per heavy atom. The molecule has 2 heterocycles. The molecule has 1 aliphatic rings. The number of likely N-dealkylation sites (tertiary alicyclic amines) is 1. The molecule has 1 aliphatic heterocycles. The Kier molecular flexibility index (Phi) is 7.45. The standard InChI is InChI=1S/C21H28N2O5/c1-25-10-11-27-15-20(24)23-9-5-7-17(14-23)21-22-13-18(28-21)12-16-6-3-4-8-19(16)26-2/h3-4,6,8,13,17H,5,7,9-12,14-15H2,1-2H3/t17-/m0/s1. The quantitative estimate of drug-likeness (QED) is 0.615. The van der Waals surface area contributed by atoms with Gasteiger partial charge in [0.15, 0.2) is 5.89 Å². The Morgan fingerprint density at radius 3 is 2.96 bits per heavy atom. The van der Waals surface area contributed by atoms with Crippen molar-refractivity contribution in [2.24, 2.45) is 0 Å². The Hall–Kier alpha value is -2.38. The summed E-state index contributed by atoms with van der Waals surface area (Å²) in [5.41, 5.74) is 1.06. The summed E-state index contributed by atoms with van der Waals surface area (Å²) in [6.45, 7) is 2.35. The average molecular weight is 388 g/mol. The van der Waals surface area contributed by atoms with Gasteiger partial charge in [-0.05, 0) is 18.9 Å². The van der Waals surface area contributed by atoms with Gasteiger partial charge in [0.05, 0.1) is 32.4 Å². The number of amides is 1. The topological polar surface area (TPSA) is 74.0 Å². The molecule has 1 aromatic heterocycles. The van der Waals surface area contributed by atoms with Gasteiger partial charge >= 0.3 is 0 Å². The van der Waals surface area contributed by atoms with Crippen LogP contribution < -0.4 is 4.74 Å². The number of para-hydroxylation sites is 1. The first-order valence-corrected chi connectivity index (χ1v) is 9.62. The summed E-state index contributed by atoms with van der Waals surface area (Å²) >= 11 is 0. The zero-order chi connectivity index (χ0) is 19.8. The van der Waals surface area contributed by atoms with E-state index in [2.05, 4.69) is 4.98 Å². The van der Waals surface area contributed by atoms with Crippen LogP contribution in [0.4, 0.5) is 0 Å². The van der Waals surface area contributed by atoms with Crippen molar-refractivity contribution in [2.45, 2.75) is 25.2 Å². The van der Waals surface area contributed by atoms with Gasteiger partial charge in [-0.25, -0.2) is 4.98 Å². The van der Waals surface area contributed by atoms with Crippen molar-refractivity contribution in [2.75, 3.05) is 47.1 Å². The van der Waals surface area contributed by atoms with E-state index < -0.39 is 0 Å². The fourth-order valence-electron chi connectivity index (χ4n) is 3.43. The highest BCUT2D eigenvalue weighted by atomic mass is 16.5. The summed E-state index contributed by atoms with van der Waals surface area (Å²) in [6, 6.07) is 7.88. The van der Waals surface area contributed by atoms with E-state index in [1.807, 2.05) is 29.2 Å². The predicted molar refractivity (Wildman–Crippen MR) is 104 cm³/mol. The molecule has 0 spiro atoms. The lowest BCUT2D eigenvalue weighted by Crippen LogP contribution is -2.41. The van der Waals surface area contributed by atoms with E-state index in [4.69, 9.17) is 18.6 Å². The maximum absolute atomic E-state index is 12.4. The van der Waals surface area contributed by atoms with Gasteiger partial charge in [0.1, 0.15) is 18.1 Å². The number of hydrogen-bond donors (Lipinski definition) is 0. The van der Waals surface area contributed by atoms with E-state index in [1.54, 1.807) is 20.4 Å². The van der Waals surface area contributed by atoms with Gasteiger partial charge in [-0.3, -0.25) is 4.79 Å². The molecular weight excluding hydrogens is 360 g/mol. The van der Waals surface area contributed by atoms with Gasteiger partial charge < -0.3 is 23.5 Å². The van der Waals surface area contributed by atoms with Crippen LogP contribution >= 0.6 is 0 Å². The van der Waals surface area contributed by atoms with Gasteiger partial charge in [-0.1, -0.05) is 18.2 Å². The van der Waals surface area contributed by atoms with Crippen molar-refractivity contribution in [3.05, 3.63) is 47.7 Å². The third-order valence-corrected chi connectivity index (χ3v) is 4.91. The molecule has 7 heteroatoms. The highest BCUT2D eigenvalue weighted by Crippen LogP contribution is 2.28. The fraction of sp³-hybridized carbons (Fsp3) is 0.524. The van der Waals surface area contributed by atoms with Crippen molar-refractivity contribution in [1.82, 2.24) is 9.88 Å². The Bertz CT molecular complexity index is 761. The average Bonchev–Trinajstić information content (AvgIpc) is 3.20. The minimum absolute atomic E-state index is 0.00149. The van der Waals surface area contributed by atoms with Crippen molar-refractivity contribution in [3.63, 3.8) is 0 Å². The number of ether oxygens (including phenoxy) is 3. The number of carbonyl (C=O) groups excluding carboxylic acids is 1. The van der Waals surface area contributed by atoms with Gasteiger partial charge in [-0.15, -0.1) is 0 Å². The third kappa shape index (κ3) is 5.33. The highest BCUT2D eigenvalue weighted by Gasteiger charge is 2.28. The third-order valence-electron chi connectivity index (χ3n) is 4.91. The van der Waals surface area contributed by atoms with Crippen LogP contribution in [0.3, 0.4) is 0 Å². The number of piperidine rings is 1. The van der Waals surface area contributed by atoms with Crippen LogP contribution in [0.2, 0.25) is 0 Å². The zero-order valence-electron chi connectivity index (χ0n) is 16.6. The molecule has 1 amide bonds. The molecule has 28 heavy (non-hydrogen) atoms. The molecule has 0 aliphatic carbocycles. The Balaban J connectivity index is 1.57. The Morgan fingerprint density at radius 1 is 1.29 bits per heavy atom. The molecule has 1 fully saturated rings. The second-order valence-electron chi connectivity index (χ2n) is 6.88. The van der Waals surface area contributed by atoms with E-state index in [9.17, 15) is 4.79 Å². The van der Waals surface area contributed by atoms with Gasteiger partial charge in [0, 0.05) is 32.2 Å². The van der Waals surface area contributed by atoms with Crippen molar-refractivity contribution < 1.29 is 23.4 Å². The number of aromatic nitrogens is 1. The summed E-state index contributed by atoms with van der Waals surface area (Å²) in [5, 5.41) is 0. The minimum atomic E-state index is 0.00149. The van der Waals surface area contributed by atoms with Gasteiger partial charge in [-0.2, -0.15) is 0 Å². The molecule has 3 rings (SSSR count). The molecule has 7 nitrogen and oxygen atoms in total. The summed E-state index contributed by atoms with van der Waals surface area (Å²) in [7, 11) is 3.27. The Labute approximate surface area is 165 Å². The fourth-order valence-corrected chi connectivity index (χ4v) is 3.43. The first-order chi connectivity index (χ1) is 13.7. The van der Waals surface area contributed by atoms with Crippen LogP contribution in [0.25, 0.3) is 0 Å². The number of methoxy groups -OCH3 is 2. The van der Waals surface area contributed by atoms with Gasteiger partial charge in [0.25, 0.3) is 0 Å². The summed E-state index contributed by atoms with van der Waals surface area (Å²) in [5.74, 6) is 2.45. The van der Waals surface area contributed by atoms with Crippen LogP contribution in [-0.4, -0.2) is 62.9 Å². The molecule has 0 radical (unpaired) electrons. The van der Waals surface area contributed by atoms with Crippen LogP contribution in [-0.2, 0) is 20.7 Å². The lowest BCUT2D eigenvalue weighted by atomic mass is 9.98. The van der Waals surface area contributed by atoms with Crippen molar-refractivity contribution >= 4 is 5.91 Å². The van der Waals surface area contributed by atoms with Gasteiger partial charge in [0.2, 0.25) is 5.91 Å². The molecular formula is C21H28N2O5. The monoisotopic (exact) mass is 388 g/mol.